The Balaban J connectivity index is 1.57. The lowest BCUT2D eigenvalue weighted by atomic mass is 10.2. The molecule has 0 spiro atoms. The van der Waals surface area contributed by atoms with Crippen LogP contribution in [0.2, 0.25) is 0 Å². The van der Waals surface area contributed by atoms with Crippen LogP contribution in [0.5, 0.6) is 5.75 Å². The average Bonchev–Trinajstić information content (AvgIpc) is 3.08. The summed E-state index contributed by atoms with van der Waals surface area (Å²) in [4.78, 5) is 49.1. The summed E-state index contributed by atoms with van der Waals surface area (Å²) in [6, 6.07) is 12.6. The summed E-state index contributed by atoms with van der Waals surface area (Å²) in [6.07, 6.45) is 1.52. The minimum atomic E-state index is -0.832. The third-order valence-electron chi connectivity index (χ3n) is 4.52. The van der Waals surface area contributed by atoms with Crippen LogP contribution in [0.1, 0.15) is 22.3 Å². The molecular weight excluding hydrogens is 468 g/mol. The van der Waals surface area contributed by atoms with Gasteiger partial charge >= 0.3 is 0 Å². The average molecular weight is 487 g/mol. The number of hydrogen-bond donors (Lipinski definition) is 2. The van der Waals surface area contributed by atoms with E-state index >= 15 is 0 Å². The lowest BCUT2D eigenvalue weighted by molar-refractivity contribution is -0.385. The fourth-order valence-electron chi connectivity index (χ4n) is 2.91. The lowest BCUT2D eigenvalue weighted by Gasteiger charge is -2.14. The van der Waals surface area contributed by atoms with E-state index in [1.165, 1.54) is 36.3 Å². The minimum Gasteiger partial charge on any atom is -0.496 e. The number of benzene rings is 2. The maximum absolute atomic E-state index is 12.7. The van der Waals surface area contributed by atoms with Crippen LogP contribution in [0.3, 0.4) is 0 Å². The van der Waals surface area contributed by atoms with Crippen LogP contribution < -0.4 is 15.6 Å². The molecule has 1 aliphatic heterocycles. The molecule has 0 aromatic heterocycles. The van der Waals surface area contributed by atoms with Crippen LogP contribution in [0.15, 0.2) is 53.4 Å². The molecule has 0 aliphatic carbocycles. The van der Waals surface area contributed by atoms with Gasteiger partial charge in [-0.3, -0.25) is 40.2 Å². The quantitative estimate of drug-likeness (QED) is 0.264. The number of thioether (sulfide) groups is 1. The fourth-order valence-corrected chi connectivity index (χ4v) is 4.21. The topological polar surface area (TPSA) is 131 Å². The van der Waals surface area contributed by atoms with Crippen LogP contribution in [-0.4, -0.2) is 45.5 Å². The first-order valence-electron chi connectivity index (χ1n) is 9.52. The Kier molecular flexibility index (Phi) is 7.74. The first-order chi connectivity index (χ1) is 15.8. The molecule has 12 heteroatoms. The zero-order valence-electron chi connectivity index (χ0n) is 17.3. The molecule has 0 bridgehead atoms. The van der Waals surface area contributed by atoms with E-state index in [1.54, 1.807) is 18.2 Å². The van der Waals surface area contributed by atoms with Gasteiger partial charge in [-0.25, -0.2) is 0 Å². The van der Waals surface area contributed by atoms with Gasteiger partial charge in [0, 0.05) is 24.6 Å². The van der Waals surface area contributed by atoms with Crippen molar-refractivity contribution >= 4 is 57.8 Å². The highest BCUT2D eigenvalue weighted by Crippen LogP contribution is 2.34. The van der Waals surface area contributed by atoms with Gasteiger partial charge in [-0.2, -0.15) is 0 Å². The third-order valence-corrected chi connectivity index (χ3v) is 5.90. The van der Waals surface area contributed by atoms with Gasteiger partial charge in [0.05, 0.1) is 16.9 Å². The largest absolute Gasteiger partial charge is 0.496 e. The predicted octanol–water partition coefficient (Wildman–Crippen LogP) is 2.66. The van der Waals surface area contributed by atoms with Crippen LogP contribution in [0.25, 0.3) is 6.08 Å². The number of para-hydroxylation sites is 2. The van der Waals surface area contributed by atoms with Crippen LogP contribution in [0.4, 0.5) is 5.69 Å². The first kappa shape index (κ1) is 23.9. The Morgan fingerprint density at radius 1 is 1.18 bits per heavy atom. The zero-order valence-corrected chi connectivity index (χ0v) is 18.9. The van der Waals surface area contributed by atoms with E-state index in [0.29, 0.717) is 15.0 Å². The smallest absolute Gasteiger partial charge is 0.282 e. The van der Waals surface area contributed by atoms with Crippen LogP contribution in [-0.2, 0) is 9.59 Å². The molecule has 2 aromatic rings. The normalized spacial score (nSPS) is 14.3. The molecular formula is C21H18N4O6S2. The zero-order chi connectivity index (χ0) is 24.0. The van der Waals surface area contributed by atoms with E-state index in [-0.39, 0.29) is 30.1 Å². The Labute approximate surface area is 198 Å². The highest BCUT2D eigenvalue weighted by atomic mass is 32.2. The molecule has 170 valence electrons. The fraction of sp³-hybridized carbons (Fsp3) is 0.143. The molecule has 1 saturated heterocycles. The van der Waals surface area contributed by atoms with Crippen LogP contribution in [0, 0.1) is 10.1 Å². The summed E-state index contributed by atoms with van der Waals surface area (Å²) in [5.41, 5.74) is 4.46. The van der Waals surface area contributed by atoms with E-state index < -0.39 is 16.7 Å². The van der Waals surface area contributed by atoms with Crippen molar-refractivity contribution in [2.24, 2.45) is 0 Å². The van der Waals surface area contributed by atoms with E-state index in [2.05, 4.69) is 10.9 Å². The second kappa shape index (κ2) is 10.7. The van der Waals surface area contributed by atoms with Crippen molar-refractivity contribution in [2.45, 2.75) is 6.42 Å². The number of nitrogens with zero attached hydrogens (tertiary/aromatic N) is 2. The van der Waals surface area contributed by atoms with Crippen molar-refractivity contribution in [1.82, 2.24) is 15.8 Å². The van der Waals surface area contributed by atoms with E-state index in [4.69, 9.17) is 17.0 Å². The highest BCUT2D eigenvalue weighted by Gasteiger charge is 2.32. The van der Waals surface area contributed by atoms with Gasteiger partial charge in [-0.15, -0.1) is 0 Å². The number of nitro benzene ring substituents is 1. The van der Waals surface area contributed by atoms with Crippen molar-refractivity contribution in [3.8, 4) is 5.75 Å². The third kappa shape index (κ3) is 5.73. The molecule has 2 aromatic carbocycles. The summed E-state index contributed by atoms with van der Waals surface area (Å²) in [7, 11) is 1.53. The van der Waals surface area contributed by atoms with Gasteiger partial charge < -0.3 is 4.74 Å². The number of thiocarbonyl (C=S) groups is 1. The highest BCUT2D eigenvalue weighted by molar-refractivity contribution is 8.26. The molecule has 0 radical (unpaired) electrons. The molecule has 1 aliphatic rings. The minimum absolute atomic E-state index is 0.00111. The number of nitrogens with one attached hydrogen (secondary N) is 2. The summed E-state index contributed by atoms with van der Waals surface area (Å²) < 4.78 is 5.59. The number of nitro groups is 1. The molecule has 3 amide bonds. The molecule has 3 rings (SSSR count). The second-order valence-electron chi connectivity index (χ2n) is 6.60. The van der Waals surface area contributed by atoms with E-state index in [9.17, 15) is 24.5 Å². The van der Waals surface area contributed by atoms with Gasteiger partial charge in [0.25, 0.3) is 17.5 Å². The lowest BCUT2D eigenvalue weighted by Crippen LogP contribution is -2.43. The molecule has 1 fully saturated rings. The number of carbonyl (C=O) groups excluding carboxylic acids is 3. The maximum atomic E-state index is 12.7. The SMILES string of the molecule is COc1ccccc1C=C1SC(=S)N(CCC(=O)NNC(=O)c2ccccc2[N+](=O)[O-])C1=O. The van der Waals surface area contributed by atoms with Gasteiger partial charge in [0.15, 0.2) is 0 Å². The van der Waals surface area contributed by atoms with Gasteiger partial charge in [-0.1, -0.05) is 54.3 Å². The van der Waals surface area contributed by atoms with Gasteiger partial charge in [0.1, 0.15) is 15.6 Å². The number of methoxy groups -OCH3 is 1. The van der Waals surface area contributed by atoms with Crippen molar-refractivity contribution in [1.29, 1.82) is 0 Å². The first-order valence-corrected chi connectivity index (χ1v) is 10.7. The predicted molar refractivity (Wildman–Crippen MR) is 126 cm³/mol. The summed E-state index contributed by atoms with van der Waals surface area (Å²) in [6.45, 7) is 0.00111. The molecule has 2 N–H and O–H groups in total. The molecule has 0 saturated carbocycles. The summed E-state index contributed by atoms with van der Waals surface area (Å²) in [5, 5.41) is 11.0. The number of rotatable bonds is 7. The number of carbonyl (C=O) groups is 3. The molecule has 0 unspecified atom stereocenters. The Bertz CT molecular complexity index is 1170. The number of amides is 3. The van der Waals surface area contributed by atoms with Crippen molar-refractivity contribution < 1.29 is 24.0 Å². The van der Waals surface area contributed by atoms with E-state index in [1.807, 2.05) is 12.1 Å². The number of hydrazine groups is 1. The maximum Gasteiger partial charge on any atom is 0.282 e. The molecule has 0 atom stereocenters. The van der Waals surface area contributed by atoms with Gasteiger partial charge in [-0.05, 0) is 18.2 Å². The second-order valence-corrected chi connectivity index (χ2v) is 8.28. The Hall–Kier alpha value is -3.77. The van der Waals surface area contributed by atoms with E-state index in [0.717, 1.165) is 17.3 Å². The number of hydrogen-bond acceptors (Lipinski definition) is 8. The molecule has 1 heterocycles. The Morgan fingerprint density at radius 3 is 2.61 bits per heavy atom. The van der Waals surface area contributed by atoms with Crippen molar-refractivity contribution in [3.63, 3.8) is 0 Å². The standard InChI is InChI=1S/C21H18N4O6S2/c1-31-16-9-5-2-6-13(16)12-17-20(28)24(21(32)33-17)11-10-18(26)22-23-19(27)14-7-3-4-8-15(14)25(29)30/h2-9,12H,10-11H2,1H3,(H,22,26)(H,23,27). The van der Waals surface area contributed by atoms with Gasteiger partial charge in [0.2, 0.25) is 5.91 Å². The molecule has 10 nitrogen and oxygen atoms in total. The summed E-state index contributed by atoms with van der Waals surface area (Å²) in [5.74, 6) is -1.16. The Morgan fingerprint density at radius 2 is 1.88 bits per heavy atom. The number of ether oxygens (including phenoxy) is 1. The van der Waals surface area contributed by atoms with Crippen molar-refractivity contribution in [3.05, 3.63) is 74.7 Å². The monoisotopic (exact) mass is 486 g/mol. The molecule has 33 heavy (non-hydrogen) atoms. The van der Waals surface area contributed by atoms with Crippen LogP contribution >= 0.6 is 24.0 Å². The summed E-state index contributed by atoms with van der Waals surface area (Å²) >= 11 is 6.38. The van der Waals surface area contributed by atoms with Crippen molar-refractivity contribution in [2.75, 3.05) is 13.7 Å².